The molecule has 0 atom stereocenters. The first-order valence-electron chi connectivity index (χ1n) is 16.1. The summed E-state index contributed by atoms with van der Waals surface area (Å²) in [4.78, 5) is 0. The fraction of sp³-hybridized carbons (Fsp3) is 0. The third-order valence-corrected chi connectivity index (χ3v) is 9.66. The van der Waals surface area contributed by atoms with E-state index in [0.717, 1.165) is 5.69 Å². The van der Waals surface area contributed by atoms with E-state index in [1.807, 2.05) is 0 Å². The Balaban J connectivity index is 1.27. The van der Waals surface area contributed by atoms with Crippen LogP contribution in [0.2, 0.25) is 0 Å². The first-order valence-corrected chi connectivity index (χ1v) is 16.1. The summed E-state index contributed by atoms with van der Waals surface area (Å²) in [7, 11) is 0. The monoisotopic (exact) mass is 599 g/mol. The molecule has 3 aromatic heterocycles. The lowest BCUT2D eigenvalue weighted by Gasteiger charge is -2.10. The van der Waals surface area contributed by atoms with Gasteiger partial charge in [-0.15, -0.1) is 0 Å². The summed E-state index contributed by atoms with van der Waals surface area (Å²) in [5.74, 6) is 0. The van der Waals surface area contributed by atoms with Crippen molar-refractivity contribution in [3.63, 3.8) is 0 Å². The van der Waals surface area contributed by atoms with Crippen molar-refractivity contribution in [3.05, 3.63) is 176 Å². The van der Waals surface area contributed by atoms with E-state index < -0.39 is 0 Å². The minimum Gasteiger partial charge on any atom is -0.314 e. The molecule has 220 valence electrons. The molecule has 0 fully saturated rings. The van der Waals surface area contributed by atoms with Crippen LogP contribution in [0.3, 0.4) is 0 Å². The van der Waals surface area contributed by atoms with E-state index in [-0.39, 0.29) is 0 Å². The molecule has 3 heteroatoms. The van der Waals surface area contributed by atoms with Gasteiger partial charge >= 0.3 is 0 Å². The molecule has 0 saturated carbocycles. The van der Waals surface area contributed by atoms with Crippen LogP contribution in [0, 0.1) is 0 Å². The molecule has 0 aliphatic carbocycles. The molecule has 0 radical (unpaired) electrons. The molecule has 0 bridgehead atoms. The first-order chi connectivity index (χ1) is 23.3. The summed E-state index contributed by atoms with van der Waals surface area (Å²) >= 11 is 0. The Bertz CT molecular complexity index is 2720. The highest BCUT2D eigenvalue weighted by molar-refractivity contribution is 6.16. The molecule has 0 N–H and O–H groups in total. The zero-order valence-electron chi connectivity index (χ0n) is 25.6. The number of para-hydroxylation sites is 5. The van der Waals surface area contributed by atoms with E-state index in [0.29, 0.717) is 0 Å². The molecule has 0 aliphatic rings. The summed E-state index contributed by atoms with van der Waals surface area (Å²) in [5.41, 5.74) is 11.9. The molecular formula is C44H29N3. The van der Waals surface area contributed by atoms with Gasteiger partial charge in [0, 0.05) is 44.5 Å². The SMILES string of the molecule is c1ccc(-n2cc(-n3c4ccccc4c4ccccc43)c3ccc(-c4cccc5c4c4ccccc4n5-c4ccccc4)cc32)cc1. The molecule has 0 spiro atoms. The Hall–Kier alpha value is -6.32. The van der Waals surface area contributed by atoms with Crippen LogP contribution in [0.15, 0.2) is 176 Å². The highest BCUT2D eigenvalue weighted by Gasteiger charge is 2.20. The predicted octanol–water partition coefficient (Wildman–Crippen LogP) is 11.5. The maximum absolute atomic E-state index is 2.43. The second-order valence-electron chi connectivity index (χ2n) is 12.2. The van der Waals surface area contributed by atoms with Gasteiger partial charge in [0.05, 0.1) is 33.3 Å². The smallest absolute Gasteiger partial charge is 0.0721 e. The average molecular weight is 600 g/mol. The van der Waals surface area contributed by atoms with Gasteiger partial charge in [0.2, 0.25) is 0 Å². The maximum atomic E-state index is 2.43. The molecule has 0 unspecified atom stereocenters. The summed E-state index contributed by atoms with van der Waals surface area (Å²) in [5, 5.41) is 6.27. The minimum atomic E-state index is 1.14. The summed E-state index contributed by atoms with van der Waals surface area (Å²) < 4.78 is 7.17. The largest absolute Gasteiger partial charge is 0.314 e. The molecule has 10 aromatic rings. The van der Waals surface area contributed by atoms with Crippen molar-refractivity contribution >= 4 is 54.5 Å². The average Bonchev–Trinajstić information content (AvgIpc) is 3.80. The number of nitrogens with zero attached hydrogens (tertiary/aromatic N) is 3. The topological polar surface area (TPSA) is 14.8 Å². The third-order valence-electron chi connectivity index (χ3n) is 9.66. The van der Waals surface area contributed by atoms with Crippen LogP contribution >= 0.6 is 0 Å². The number of hydrogen-bond acceptors (Lipinski definition) is 0. The molecule has 0 amide bonds. The number of fused-ring (bicyclic) bond motifs is 7. The van der Waals surface area contributed by atoms with Gasteiger partial charge in [0.15, 0.2) is 0 Å². The second-order valence-corrected chi connectivity index (χ2v) is 12.2. The Morgan fingerprint density at radius 2 is 0.894 bits per heavy atom. The van der Waals surface area contributed by atoms with E-state index in [1.54, 1.807) is 0 Å². The Morgan fingerprint density at radius 3 is 1.57 bits per heavy atom. The molecule has 0 saturated heterocycles. The number of hydrogen-bond donors (Lipinski definition) is 0. The van der Waals surface area contributed by atoms with Gasteiger partial charge in [-0.1, -0.05) is 115 Å². The van der Waals surface area contributed by atoms with Crippen molar-refractivity contribution < 1.29 is 0 Å². The lowest BCUT2D eigenvalue weighted by atomic mass is 9.98. The zero-order chi connectivity index (χ0) is 30.9. The summed E-state index contributed by atoms with van der Waals surface area (Å²) in [6.07, 6.45) is 2.31. The number of rotatable bonds is 4. The van der Waals surface area contributed by atoms with Crippen molar-refractivity contribution in [1.82, 2.24) is 13.7 Å². The van der Waals surface area contributed by atoms with E-state index in [2.05, 4.69) is 190 Å². The highest BCUT2D eigenvalue weighted by Crippen LogP contribution is 2.41. The molecule has 47 heavy (non-hydrogen) atoms. The van der Waals surface area contributed by atoms with Crippen LogP contribution in [0.4, 0.5) is 0 Å². The quantitative estimate of drug-likeness (QED) is 0.191. The van der Waals surface area contributed by atoms with Gasteiger partial charge in [0.25, 0.3) is 0 Å². The van der Waals surface area contributed by atoms with Crippen LogP contribution in [-0.2, 0) is 0 Å². The Kier molecular flexibility index (Phi) is 5.57. The van der Waals surface area contributed by atoms with Crippen molar-refractivity contribution in [2.75, 3.05) is 0 Å². The first kappa shape index (κ1) is 26.0. The van der Waals surface area contributed by atoms with Crippen molar-refractivity contribution in [3.8, 4) is 28.2 Å². The molecular weight excluding hydrogens is 571 g/mol. The molecule has 7 aromatic carbocycles. The Morgan fingerprint density at radius 1 is 0.340 bits per heavy atom. The molecule has 3 nitrogen and oxygen atoms in total. The fourth-order valence-corrected chi connectivity index (χ4v) is 7.65. The predicted molar refractivity (Wildman–Crippen MR) is 197 cm³/mol. The van der Waals surface area contributed by atoms with E-state index in [9.17, 15) is 0 Å². The van der Waals surface area contributed by atoms with Crippen LogP contribution < -0.4 is 0 Å². The molecule has 0 aliphatic heterocycles. The van der Waals surface area contributed by atoms with Crippen LogP contribution in [-0.4, -0.2) is 13.7 Å². The lowest BCUT2D eigenvalue weighted by molar-refractivity contribution is 1.10. The van der Waals surface area contributed by atoms with Gasteiger partial charge in [-0.05, 0) is 65.7 Å². The van der Waals surface area contributed by atoms with Crippen molar-refractivity contribution in [2.24, 2.45) is 0 Å². The van der Waals surface area contributed by atoms with E-state index >= 15 is 0 Å². The van der Waals surface area contributed by atoms with E-state index in [4.69, 9.17) is 0 Å². The molecule has 3 heterocycles. The Labute approximate surface area is 271 Å². The summed E-state index contributed by atoms with van der Waals surface area (Å²) in [6.45, 7) is 0. The number of benzene rings is 7. The van der Waals surface area contributed by atoms with Gasteiger partial charge in [-0.25, -0.2) is 0 Å². The van der Waals surface area contributed by atoms with Crippen molar-refractivity contribution in [1.29, 1.82) is 0 Å². The van der Waals surface area contributed by atoms with Crippen LogP contribution in [0.25, 0.3) is 82.7 Å². The van der Waals surface area contributed by atoms with Crippen LogP contribution in [0.1, 0.15) is 0 Å². The highest BCUT2D eigenvalue weighted by atomic mass is 15.1. The van der Waals surface area contributed by atoms with Crippen molar-refractivity contribution in [2.45, 2.75) is 0 Å². The normalized spacial score (nSPS) is 11.8. The summed E-state index contributed by atoms with van der Waals surface area (Å²) in [6, 6.07) is 61.3. The lowest BCUT2D eigenvalue weighted by Crippen LogP contribution is -1.93. The maximum Gasteiger partial charge on any atom is 0.0721 e. The van der Waals surface area contributed by atoms with Gasteiger partial charge in [-0.2, -0.15) is 0 Å². The van der Waals surface area contributed by atoms with Gasteiger partial charge < -0.3 is 13.7 Å². The second kappa shape index (κ2) is 10.1. The van der Waals surface area contributed by atoms with E-state index in [1.165, 1.54) is 77.0 Å². The third kappa shape index (κ3) is 3.81. The minimum absolute atomic E-state index is 1.14. The molecule has 10 rings (SSSR count). The number of aromatic nitrogens is 3. The van der Waals surface area contributed by atoms with Gasteiger partial charge in [0.1, 0.15) is 0 Å². The standard InChI is InChI=1S/C44H29N3/c1-3-14-31(15-4-1)45-29-43(47-38-22-10-7-18-34(38)35-19-8-11-23-39(35)47)36-27-26-30(28-42(36)45)33-21-13-25-41-44(33)37-20-9-12-24-40(37)46(41)32-16-5-2-6-17-32/h1-29H. The fourth-order valence-electron chi connectivity index (χ4n) is 7.65. The van der Waals surface area contributed by atoms with Gasteiger partial charge in [-0.3, -0.25) is 0 Å². The zero-order valence-corrected chi connectivity index (χ0v) is 25.6. The van der Waals surface area contributed by atoms with Crippen LogP contribution in [0.5, 0.6) is 0 Å².